The number of anilines is 1. The molecule has 9 heteroatoms. The second-order valence-electron chi connectivity index (χ2n) is 6.86. The van der Waals surface area contributed by atoms with Gasteiger partial charge in [-0.05, 0) is 36.8 Å². The van der Waals surface area contributed by atoms with Crippen molar-refractivity contribution in [3.05, 3.63) is 93.0 Å². The van der Waals surface area contributed by atoms with Gasteiger partial charge in [0.2, 0.25) is 5.75 Å². The molecular formula is C23H21N3O6. The van der Waals surface area contributed by atoms with Crippen molar-refractivity contribution in [3.63, 3.8) is 0 Å². The van der Waals surface area contributed by atoms with E-state index >= 15 is 0 Å². The summed E-state index contributed by atoms with van der Waals surface area (Å²) in [5, 5.41) is 24.7. The van der Waals surface area contributed by atoms with Crippen molar-refractivity contribution < 1.29 is 24.3 Å². The summed E-state index contributed by atoms with van der Waals surface area (Å²) in [6.45, 7) is 2.10. The molecule has 0 saturated carbocycles. The average molecular weight is 435 g/mol. The van der Waals surface area contributed by atoms with E-state index in [1.165, 1.54) is 31.5 Å². The predicted octanol–water partition coefficient (Wildman–Crippen LogP) is 4.64. The van der Waals surface area contributed by atoms with Crippen LogP contribution in [0.2, 0.25) is 0 Å². The van der Waals surface area contributed by atoms with Crippen molar-refractivity contribution in [2.75, 3.05) is 12.5 Å². The lowest BCUT2D eigenvalue weighted by Crippen LogP contribution is -2.03. The van der Waals surface area contributed by atoms with Crippen LogP contribution < -0.4 is 14.9 Å². The second-order valence-corrected chi connectivity index (χ2v) is 6.86. The number of aryl methyl sites for hydroxylation is 1. The van der Waals surface area contributed by atoms with Gasteiger partial charge in [0.25, 0.3) is 0 Å². The largest absolute Gasteiger partial charge is 0.493 e. The van der Waals surface area contributed by atoms with Crippen LogP contribution in [0.1, 0.15) is 27.0 Å². The summed E-state index contributed by atoms with van der Waals surface area (Å²) in [5.74, 6) is -0.835. The van der Waals surface area contributed by atoms with Crippen LogP contribution in [-0.2, 0) is 6.61 Å². The summed E-state index contributed by atoms with van der Waals surface area (Å²) >= 11 is 0. The van der Waals surface area contributed by atoms with Gasteiger partial charge in [-0.25, -0.2) is 4.79 Å². The van der Waals surface area contributed by atoms with Gasteiger partial charge < -0.3 is 14.6 Å². The molecule has 0 aliphatic rings. The zero-order valence-corrected chi connectivity index (χ0v) is 17.4. The van der Waals surface area contributed by atoms with Crippen LogP contribution in [-0.4, -0.2) is 29.3 Å². The number of ether oxygens (including phenoxy) is 2. The molecule has 164 valence electrons. The number of hydrogen-bond acceptors (Lipinski definition) is 7. The van der Waals surface area contributed by atoms with Crippen LogP contribution in [0.3, 0.4) is 0 Å². The highest BCUT2D eigenvalue weighted by molar-refractivity contribution is 5.89. The van der Waals surface area contributed by atoms with E-state index in [-0.39, 0.29) is 29.4 Å². The molecule has 0 saturated heterocycles. The number of aromatic carboxylic acids is 1. The molecule has 0 amide bonds. The Labute approximate surface area is 184 Å². The van der Waals surface area contributed by atoms with E-state index in [9.17, 15) is 14.9 Å². The third-order valence-electron chi connectivity index (χ3n) is 4.46. The van der Waals surface area contributed by atoms with Crippen LogP contribution in [0.5, 0.6) is 11.5 Å². The maximum Gasteiger partial charge on any atom is 0.335 e. The Kier molecular flexibility index (Phi) is 7.02. The van der Waals surface area contributed by atoms with Crippen molar-refractivity contribution in [2.45, 2.75) is 13.5 Å². The summed E-state index contributed by atoms with van der Waals surface area (Å²) < 4.78 is 11.1. The first kappa shape index (κ1) is 22.3. The van der Waals surface area contributed by atoms with E-state index in [1.807, 2.05) is 31.2 Å². The standard InChI is InChI=1S/C23H21N3O6/c1-15-5-3-6-16(9-15)14-32-22-20(26(29)30)10-17(11-21(22)31-2)13-24-25-19-8-4-7-18(12-19)23(27)28/h3-13,25H,14H2,1-2H3,(H,27,28)/b24-13+. The number of nitrogens with zero attached hydrogens (tertiary/aromatic N) is 2. The summed E-state index contributed by atoms with van der Waals surface area (Å²) in [6, 6.07) is 16.6. The van der Waals surface area contributed by atoms with Gasteiger partial charge in [0.1, 0.15) is 6.61 Å². The van der Waals surface area contributed by atoms with Crippen molar-refractivity contribution >= 4 is 23.6 Å². The van der Waals surface area contributed by atoms with E-state index in [0.717, 1.165) is 11.1 Å². The smallest absolute Gasteiger partial charge is 0.335 e. The normalized spacial score (nSPS) is 10.7. The Morgan fingerprint density at radius 3 is 2.66 bits per heavy atom. The maximum absolute atomic E-state index is 11.7. The minimum atomic E-state index is -1.06. The quantitative estimate of drug-likeness (QED) is 0.285. The number of nitrogens with one attached hydrogen (secondary N) is 1. The fourth-order valence-electron chi connectivity index (χ4n) is 2.98. The molecule has 32 heavy (non-hydrogen) atoms. The number of hydrazone groups is 1. The van der Waals surface area contributed by atoms with E-state index in [4.69, 9.17) is 14.6 Å². The number of benzene rings is 3. The molecular weight excluding hydrogens is 414 g/mol. The number of hydrogen-bond donors (Lipinski definition) is 2. The van der Waals surface area contributed by atoms with Crippen molar-refractivity contribution in [1.29, 1.82) is 0 Å². The molecule has 0 aliphatic carbocycles. The van der Waals surface area contributed by atoms with Gasteiger partial charge in [-0.15, -0.1) is 0 Å². The fraction of sp³-hybridized carbons (Fsp3) is 0.130. The molecule has 0 radical (unpaired) electrons. The van der Waals surface area contributed by atoms with Crippen molar-refractivity contribution in [1.82, 2.24) is 0 Å². The fourth-order valence-corrected chi connectivity index (χ4v) is 2.98. The van der Waals surface area contributed by atoms with Crippen molar-refractivity contribution in [3.8, 4) is 11.5 Å². The molecule has 0 aliphatic heterocycles. The minimum Gasteiger partial charge on any atom is -0.493 e. The molecule has 0 bridgehead atoms. The number of carboxylic acids is 1. The van der Waals surface area contributed by atoms with Gasteiger partial charge in [-0.1, -0.05) is 35.9 Å². The van der Waals surface area contributed by atoms with Gasteiger partial charge in [0.05, 0.1) is 29.5 Å². The second kappa shape index (κ2) is 10.1. The highest BCUT2D eigenvalue weighted by atomic mass is 16.6. The van der Waals surface area contributed by atoms with E-state index < -0.39 is 10.9 Å². The number of nitro benzene ring substituents is 1. The molecule has 3 rings (SSSR count). The van der Waals surface area contributed by atoms with Crippen LogP contribution in [0.15, 0.2) is 65.8 Å². The third-order valence-corrected chi connectivity index (χ3v) is 4.46. The number of carboxylic acid groups (broad SMARTS) is 1. The van der Waals surface area contributed by atoms with Gasteiger partial charge in [0, 0.05) is 11.6 Å². The Hall–Kier alpha value is -4.40. The molecule has 3 aromatic rings. The molecule has 3 aromatic carbocycles. The third kappa shape index (κ3) is 5.60. The first-order chi connectivity index (χ1) is 15.4. The molecule has 0 fully saturated rings. The zero-order valence-electron chi connectivity index (χ0n) is 17.4. The lowest BCUT2D eigenvalue weighted by Gasteiger charge is -2.12. The summed E-state index contributed by atoms with van der Waals surface area (Å²) in [6.07, 6.45) is 1.37. The lowest BCUT2D eigenvalue weighted by atomic mass is 10.1. The molecule has 2 N–H and O–H groups in total. The van der Waals surface area contributed by atoms with Crippen molar-refractivity contribution in [2.24, 2.45) is 5.10 Å². The molecule has 0 atom stereocenters. The van der Waals surface area contributed by atoms with E-state index in [1.54, 1.807) is 18.2 Å². The van der Waals surface area contributed by atoms with Crippen LogP contribution >= 0.6 is 0 Å². The van der Waals surface area contributed by atoms with Crippen LogP contribution in [0, 0.1) is 17.0 Å². The van der Waals surface area contributed by atoms with E-state index in [2.05, 4.69) is 10.5 Å². The Morgan fingerprint density at radius 1 is 1.19 bits per heavy atom. The summed E-state index contributed by atoms with van der Waals surface area (Å²) in [7, 11) is 1.40. The summed E-state index contributed by atoms with van der Waals surface area (Å²) in [4.78, 5) is 22.2. The lowest BCUT2D eigenvalue weighted by molar-refractivity contribution is -0.386. The topological polar surface area (TPSA) is 123 Å². The molecule has 0 unspecified atom stereocenters. The minimum absolute atomic E-state index is 0.0262. The van der Waals surface area contributed by atoms with Gasteiger partial charge in [-0.3, -0.25) is 15.5 Å². The first-order valence-corrected chi connectivity index (χ1v) is 9.54. The SMILES string of the molecule is COc1cc(/C=N/Nc2cccc(C(=O)O)c2)cc([N+](=O)[O-])c1OCc1cccc(C)c1. The van der Waals surface area contributed by atoms with Crippen LogP contribution in [0.25, 0.3) is 0 Å². The van der Waals surface area contributed by atoms with E-state index in [0.29, 0.717) is 11.3 Å². The first-order valence-electron chi connectivity index (χ1n) is 9.54. The highest BCUT2D eigenvalue weighted by Crippen LogP contribution is 2.38. The molecule has 0 spiro atoms. The Balaban J connectivity index is 1.82. The van der Waals surface area contributed by atoms with Gasteiger partial charge in [-0.2, -0.15) is 5.10 Å². The monoisotopic (exact) mass is 435 g/mol. The number of methoxy groups -OCH3 is 1. The summed E-state index contributed by atoms with van der Waals surface area (Å²) in [5.41, 5.74) is 5.35. The average Bonchev–Trinajstić information content (AvgIpc) is 2.77. The molecule has 9 nitrogen and oxygen atoms in total. The highest BCUT2D eigenvalue weighted by Gasteiger charge is 2.22. The molecule has 0 aromatic heterocycles. The Bertz CT molecular complexity index is 1180. The maximum atomic E-state index is 11.7. The predicted molar refractivity (Wildman–Crippen MR) is 120 cm³/mol. The number of rotatable bonds is 9. The van der Waals surface area contributed by atoms with Crippen LogP contribution in [0.4, 0.5) is 11.4 Å². The molecule has 0 heterocycles. The van der Waals surface area contributed by atoms with Gasteiger partial charge >= 0.3 is 11.7 Å². The number of carbonyl (C=O) groups is 1. The number of nitro groups is 1. The Morgan fingerprint density at radius 2 is 1.97 bits per heavy atom. The van der Waals surface area contributed by atoms with Gasteiger partial charge in [0.15, 0.2) is 5.75 Å². The zero-order chi connectivity index (χ0) is 23.1.